The van der Waals surface area contributed by atoms with E-state index >= 15 is 0 Å². The molecule has 0 saturated carbocycles. The molecule has 0 fully saturated rings. The molecule has 0 bridgehead atoms. The fraction of sp³-hybridized carbons (Fsp3) is 0.167. The van der Waals surface area contributed by atoms with Crippen molar-refractivity contribution in [2.24, 2.45) is 0 Å². The summed E-state index contributed by atoms with van der Waals surface area (Å²) >= 11 is 0. The molecule has 0 saturated heterocycles. The van der Waals surface area contributed by atoms with E-state index in [9.17, 15) is 9.59 Å². The fourth-order valence-electron chi connectivity index (χ4n) is 3.20. The van der Waals surface area contributed by atoms with Crippen LogP contribution in [-0.2, 0) is 27.3 Å². The van der Waals surface area contributed by atoms with E-state index in [-0.39, 0.29) is 5.97 Å². The van der Waals surface area contributed by atoms with E-state index in [1.165, 1.54) is 6.08 Å². The molecule has 1 amide bonds. The number of benzene rings is 2. The SMILES string of the molecule is C=C(C)OC(=O)C(Cc1c[nH]c2ccccc12)NCc1ccc(/C=C/C(=O)NO)cc1. The molecule has 0 aliphatic carbocycles. The van der Waals surface area contributed by atoms with Gasteiger partial charge in [0.2, 0.25) is 0 Å². The van der Waals surface area contributed by atoms with Crippen molar-refractivity contribution in [3.63, 3.8) is 0 Å². The largest absolute Gasteiger partial charge is 0.431 e. The Labute approximate surface area is 180 Å². The number of hydroxylamine groups is 1. The maximum Gasteiger partial charge on any atom is 0.328 e. The normalized spacial score (nSPS) is 12.1. The van der Waals surface area contributed by atoms with Crippen LogP contribution < -0.4 is 10.8 Å². The zero-order valence-electron chi connectivity index (χ0n) is 17.2. The number of H-pyrrole nitrogens is 1. The first-order valence-corrected chi connectivity index (χ1v) is 9.83. The Kier molecular flexibility index (Phi) is 7.37. The van der Waals surface area contributed by atoms with Crippen LogP contribution in [0.2, 0.25) is 0 Å². The highest BCUT2D eigenvalue weighted by Crippen LogP contribution is 2.20. The molecule has 4 N–H and O–H groups in total. The molecule has 0 aliphatic heterocycles. The number of fused-ring (bicyclic) bond motifs is 1. The Bertz CT molecular complexity index is 1100. The number of aromatic amines is 1. The predicted molar refractivity (Wildman–Crippen MR) is 119 cm³/mol. The van der Waals surface area contributed by atoms with E-state index in [0.29, 0.717) is 18.7 Å². The number of nitrogens with one attached hydrogen (secondary N) is 3. The molecular formula is C24H25N3O4. The lowest BCUT2D eigenvalue weighted by atomic mass is 10.0. The lowest BCUT2D eigenvalue weighted by Gasteiger charge is -2.17. The monoisotopic (exact) mass is 419 g/mol. The van der Waals surface area contributed by atoms with Crippen molar-refractivity contribution in [3.05, 3.63) is 89.8 Å². The molecule has 0 radical (unpaired) electrons. The summed E-state index contributed by atoms with van der Waals surface area (Å²) in [7, 11) is 0. The molecule has 1 atom stereocenters. The first-order valence-electron chi connectivity index (χ1n) is 9.83. The van der Waals surface area contributed by atoms with Crippen molar-refractivity contribution in [3.8, 4) is 0 Å². The predicted octanol–water partition coefficient (Wildman–Crippen LogP) is 3.46. The number of aromatic nitrogens is 1. The van der Waals surface area contributed by atoms with Gasteiger partial charge >= 0.3 is 5.97 Å². The quantitative estimate of drug-likeness (QED) is 0.140. The Hall–Kier alpha value is -3.68. The minimum atomic E-state index is -0.595. The van der Waals surface area contributed by atoms with Gasteiger partial charge in [-0.05, 0) is 35.8 Å². The van der Waals surface area contributed by atoms with Crippen molar-refractivity contribution in [1.29, 1.82) is 0 Å². The lowest BCUT2D eigenvalue weighted by molar-refractivity contribution is -0.141. The topological polar surface area (TPSA) is 103 Å². The van der Waals surface area contributed by atoms with E-state index < -0.39 is 11.9 Å². The Morgan fingerprint density at radius 1 is 1.19 bits per heavy atom. The van der Waals surface area contributed by atoms with Gasteiger partial charge in [0.1, 0.15) is 6.04 Å². The molecule has 7 heteroatoms. The first kappa shape index (κ1) is 22.0. The van der Waals surface area contributed by atoms with Gasteiger partial charge in [-0.1, -0.05) is 49.0 Å². The second-order valence-corrected chi connectivity index (χ2v) is 7.17. The van der Waals surface area contributed by atoms with Crippen LogP contribution in [0.4, 0.5) is 0 Å². The first-order chi connectivity index (χ1) is 15.0. The highest BCUT2D eigenvalue weighted by Gasteiger charge is 2.22. The van der Waals surface area contributed by atoms with E-state index in [0.717, 1.165) is 27.6 Å². The number of amides is 1. The third kappa shape index (κ3) is 6.15. The maximum absolute atomic E-state index is 12.6. The molecule has 1 aromatic heterocycles. The Morgan fingerprint density at radius 3 is 2.65 bits per heavy atom. The summed E-state index contributed by atoms with van der Waals surface area (Å²) in [6, 6.07) is 14.9. The molecule has 160 valence electrons. The molecule has 3 rings (SSSR count). The summed E-state index contributed by atoms with van der Waals surface area (Å²) in [5.41, 5.74) is 5.36. The van der Waals surface area contributed by atoms with Crippen molar-refractivity contribution in [2.75, 3.05) is 0 Å². The van der Waals surface area contributed by atoms with Gasteiger partial charge in [-0.3, -0.25) is 10.0 Å². The van der Waals surface area contributed by atoms with Crippen molar-refractivity contribution >= 4 is 28.9 Å². The minimum absolute atomic E-state index is 0.346. The second kappa shape index (κ2) is 10.4. The number of rotatable bonds is 9. The fourth-order valence-corrected chi connectivity index (χ4v) is 3.20. The molecule has 31 heavy (non-hydrogen) atoms. The van der Waals surface area contributed by atoms with Crippen LogP contribution in [0.15, 0.2) is 73.1 Å². The second-order valence-electron chi connectivity index (χ2n) is 7.17. The van der Waals surface area contributed by atoms with Gasteiger partial charge in [-0.2, -0.15) is 0 Å². The van der Waals surface area contributed by atoms with Gasteiger partial charge in [0.25, 0.3) is 5.91 Å². The summed E-state index contributed by atoms with van der Waals surface area (Å²) < 4.78 is 5.27. The third-order valence-corrected chi connectivity index (χ3v) is 4.73. The average molecular weight is 419 g/mol. The Morgan fingerprint density at radius 2 is 1.94 bits per heavy atom. The number of esters is 1. The summed E-state index contributed by atoms with van der Waals surface area (Å²) in [5, 5.41) is 12.9. The van der Waals surface area contributed by atoms with Crippen LogP contribution in [0.3, 0.4) is 0 Å². The van der Waals surface area contributed by atoms with Crippen LogP contribution in [0.5, 0.6) is 0 Å². The summed E-state index contributed by atoms with van der Waals surface area (Å²) in [6.45, 7) is 5.76. The van der Waals surface area contributed by atoms with E-state index in [2.05, 4.69) is 16.9 Å². The van der Waals surface area contributed by atoms with Crippen molar-refractivity contribution in [2.45, 2.75) is 25.9 Å². The number of hydrogen-bond acceptors (Lipinski definition) is 5. The van der Waals surface area contributed by atoms with E-state index in [1.807, 2.05) is 54.7 Å². The van der Waals surface area contributed by atoms with Crippen molar-refractivity contribution in [1.82, 2.24) is 15.8 Å². The van der Waals surface area contributed by atoms with E-state index in [1.54, 1.807) is 18.5 Å². The van der Waals surface area contributed by atoms with Gasteiger partial charge in [-0.15, -0.1) is 0 Å². The summed E-state index contributed by atoms with van der Waals surface area (Å²) in [5.74, 6) is -0.631. The number of hydrogen-bond donors (Lipinski definition) is 4. The van der Waals surface area contributed by atoms with Crippen LogP contribution in [0, 0.1) is 0 Å². The summed E-state index contributed by atoms with van der Waals surface area (Å²) in [4.78, 5) is 26.9. The zero-order valence-corrected chi connectivity index (χ0v) is 17.2. The number of para-hydroxylation sites is 1. The molecule has 3 aromatic rings. The van der Waals surface area contributed by atoms with Crippen LogP contribution >= 0.6 is 0 Å². The molecule has 0 aliphatic rings. The molecule has 1 heterocycles. The van der Waals surface area contributed by atoms with E-state index in [4.69, 9.17) is 9.94 Å². The third-order valence-electron chi connectivity index (χ3n) is 4.73. The summed E-state index contributed by atoms with van der Waals surface area (Å²) in [6.07, 6.45) is 5.20. The highest BCUT2D eigenvalue weighted by atomic mass is 16.5. The number of ether oxygens (including phenoxy) is 1. The van der Waals surface area contributed by atoms with Crippen LogP contribution in [-0.4, -0.2) is 28.1 Å². The average Bonchev–Trinajstić information content (AvgIpc) is 3.18. The maximum atomic E-state index is 12.6. The van der Waals surface area contributed by atoms with Gasteiger partial charge < -0.3 is 15.0 Å². The van der Waals surface area contributed by atoms with Gasteiger partial charge in [-0.25, -0.2) is 10.3 Å². The number of carbonyl (C=O) groups excluding carboxylic acids is 2. The minimum Gasteiger partial charge on any atom is -0.431 e. The number of allylic oxidation sites excluding steroid dienone is 1. The molecule has 2 aromatic carbocycles. The van der Waals surface area contributed by atoms with Gasteiger partial charge in [0.05, 0.1) is 5.76 Å². The molecule has 1 unspecified atom stereocenters. The molecule has 7 nitrogen and oxygen atoms in total. The van der Waals surface area contributed by atoms with Gasteiger partial charge in [0.15, 0.2) is 0 Å². The van der Waals surface area contributed by atoms with Crippen molar-refractivity contribution < 1.29 is 19.5 Å². The highest BCUT2D eigenvalue weighted by molar-refractivity contribution is 5.90. The standard InChI is InChI=1S/C24H25N3O4/c1-16(2)31-24(29)22(13-19-15-26-21-6-4-3-5-20(19)21)25-14-18-9-7-17(8-10-18)11-12-23(28)27-30/h3-12,15,22,25-26,30H,1,13-14H2,2H3,(H,27,28)/b12-11+. The molecule has 0 spiro atoms. The zero-order chi connectivity index (χ0) is 22.2. The van der Waals surface area contributed by atoms with Gasteiger partial charge in [0, 0.05) is 36.1 Å². The van der Waals surface area contributed by atoms with Crippen LogP contribution in [0.25, 0.3) is 17.0 Å². The van der Waals surface area contributed by atoms with Crippen LogP contribution in [0.1, 0.15) is 23.6 Å². The Balaban J connectivity index is 1.70. The lowest BCUT2D eigenvalue weighted by Crippen LogP contribution is -2.39. The smallest absolute Gasteiger partial charge is 0.328 e. The molecular weight excluding hydrogens is 394 g/mol. The number of carbonyl (C=O) groups is 2.